The van der Waals surface area contributed by atoms with Gasteiger partial charge in [-0.2, -0.15) is 18.2 Å². The van der Waals surface area contributed by atoms with Crippen molar-refractivity contribution in [3.05, 3.63) is 18.2 Å². The summed E-state index contributed by atoms with van der Waals surface area (Å²) in [6, 6.07) is 1.43. The molecule has 3 N–H and O–H groups in total. The number of alkyl halides is 3. The van der Waals surface area contributed by atoms with E-state index in [-0.39, 0.29) is 23.2 Å². The van der Waals surface area contributed by atoms with Crippen LogP contribution in [0.2, 0.25) is 0 Å². The number of nitrogens with zero attached hydrogens (tertiary/aromatic N) is 3. The van der Waals surface area contributed by atoms with Crippen molar-refractivity contribution < 1.29 is 22.4 Å². The first kappa shape index (κ1) is 14.6. The number of nitrogens with one attached hydrogen (secondary N) is 1. The number of hydrogen-bond acceptors (Lipinski definition) is 7. The van der Waals surface area contributed by atoms with Gasteiger partial charge in [0.2, 0.25) is 5.82 Å². The van der Waals surface area contributed by atoms with Crippen molar-refractivity contribution in [2.75, 3.05) is 24.2 Å². The van der Waals surface area contributed by atoms with Crippen LogP contribution in [-0.2, 0) is 10.9 Å². The molecule has 1 fully saturated rings. The summed E-state index contributed by atoms with van der Waals surface area (Å²) in [5.41, 5.74) is 6.33. The van der Waals surface area contributed by atoms with Crippen molar-refractivity contribution in [1.29, 1.82) is 0 Å². The van der Waals surface area contributed by atoms with Gasteiger partial charge in [0.25, 0.3) is 0 Å². The fourth-order valence-corrected chi connectivity index (χ4v) is 1.86. The molecule has 2 aromatic rings. The van der Waals surface area contributed by atoms with Gasteiger partial charge in [-0.3, -0.25) is 0 Å². The van der Waals surface area contributed by atoms with Crippen LogP contribution in [0.25, 0.3) is 11.4 Å². The van der Waals surface area contributed by atoms with Crippen LogP contribution in [0.1, 0.15) is 12.3 Å². The first-order valence-corrected chi connectivity index (χ1v) is 6.46. The number of aromatic nitrogens is 3. The number of nitrogen functional groups attached to an aromatic ring is 1. The van der Waals surface area contributed by atoms with Gasteiger partial charge in [0.1, 0.15) is 5.82 Å². The lowest BCUT2D eigenvalue weighted by atomic mass is 10.2. The minimum atomic E-state index is -4.69. The molecule has 0 radical (unpaired) electrons. The van der Waals surface area contributed by atoms with Crippen LogP contribution in [0.3, 0.4) is 0 Å². The van der Waals surface area contributed by atoms with E-state index in [4.69, 9.17) is 10.5 Å². The number of nitrogens with two attached hydrogens (primary N) is 1. The second-order valence-electron chi connectivity index (χ2n) is 4.75. The normalized spacial score (nSPS) is 18.0. The summed E-state index contributed by atoms with van der Waals surface area (Å²) in [5.74, 6) is -1.20. The van der Waals surface area contributed by atoms with Crippen LogP contribution < -0.4 is 11.1 Å². The largest absolute Gasteiger partial charge is 0.471 e. The molecule has 1 aliphatic heterocycles. The van der Waals surface area contributed by atoms with Crippen molar-refractivity contribution >= 4 is 11.5 Å². The van der Waals surface area contributed by atoms with Crippen molar-refractivity contribution in [2.45, 2.75) is 18.7 Å². The lowest BCUT2D eigenvalue weighted by molar-refractivity contribution is -0.159. The molecule has 3 rings (SSSR count). The summed E-state index contributed by atoms with van der Waals surface area (Å²) in [5, 5.41) is 6.30. The zero-order valence-electron chi connectivity index (χ0n) is 11.2. The fraction of sp³-hybridized carbons (Fsp3) is 0.417. The molecule has 7 nitrogen and oxygen atoms in total. The van der Waals surface area contributed by atoms with E-state index < -0.39 is 12.1 Å². The summed E-state index contributed by atoms with van der Waals surface area (Å²) in [6.45, 7) is 1.31. The van der Waals surface area contributed by atoms with E-state index in [0.717, 1.165) is 13.0 Å². The van der Waals surface area contributed by atoms with Gasteiger partial charge < -0.3 is 20.3 Å². The Morgan fingerprint density at radius 2 is 2.18 bits per heavy atom. The third-order valence-corrected chi connectivity index (χ3v) is 3.13. The van der Waals surface area contributed by atoms with Crippen LogP contribution in [0.4, 0.5) is 24.7 Å². The Labute approximate surface area is 122 Å². The lowest BCUT2D eigenvalue weighted by Gasteiger charge is -2.26. The summed E-state index contributed by atoms with van der Waals surface area (Å²) in [6.07, 6.45) is -2.26. The standard InChI is InChI=1S/C12H12F3N5O2/c13-12(14,15)11-19-9(20-22-11)6-3-8(16)10(17-4-6)18-5-7-1-2-21-7/h3-4,7H,1-2,5,16H2,(H,17,18). The van der Waals surface area contributed by atoms with E-state index in [2.05, 4.69) is 25.0 Å². The zero-order chi connectivity index (χ0) is 15.7. The molecule has 1 saturated heterocycles. The monoisotopic (exact) mass is 315 g/mol. The predicted molar refractivity (Wildman–Crippen MR) is 69.8 cm³/mol. The molecule has 0 spiro atoms. The highest BCUT2D eigenvalue weighted by Gasteiger charge is 2.38. The predicted octanol–water partition coefficient (Wildman–Crippen LogP) is 1.93. The van der Waals surface area contributed by atoms with Crippen LogP contribution in [0.5, 0.6) is 0 Å². The Kier molecular flexibility index (Phi) is 3.61. The van der Waals surface area contributed by atoms with E-state index in [9.17, 15) is 13.2 Å². The second-order valence-corrected chi connectivity index (χ2v) is 4.75. The Morgan fingerprint density at radius 3 is 2.73 bits per heavy atom. The second kappa shape index (κ2) is 5.44. The SMILES string of the molecule is Nc1cc(-c2noc(C(F)(F)F)n2)cnc1NCC1CCO1. The van der Waals surface area contributed by atoms with Crippen molar-refractivity contribution in [3.8, 4) is 11.4 Å². The van der Waals surface area contributed by atoms with Crippen LogP contribution in [0, 0.1) is 0 Å². The maximum absolute atomic E-state index is 12.4. The minimum Gasteiger partial charge on any atom is -0.396 e. The van der Waals surface area contributed by atoms with E-state index in [1.807, 2.05) is 0 Å². The molecule has 1 unspecified atom stereocenters. The van der Waals surface area contributed by atoms with Gasteiger partial charge in [0, 0.05) is 24.9 Å². The van der Waals surface area contributed by atoms with Gasteiger partial charge in [-0.15, -0.1) is 0 Å². The number of halogens is 3. The smallest absolute Gasteiger partial charge is 0.396 e. The number of anilines is 2. The Hall–Kier alpha value is -2.36. The van der Waals surface area contributed by atoms with Gasteiger partial charge in [-0.25, -0.2) is 4.98 Å². The van der Waals surface area contributed by atoms with Crippen LogP contribution >= 0.6 is 0 Å². The summed E-state index contributed by atoms with van der Waals surface area (Å²) < 4.78 is 46.7. The molecule has 118 valence electrons. The number of ether oxygens (including phenoxy) is 1. The van der Waals surface area contributed by atoms with Crippen LogP contribution in [-0.4, -0.2) is 34.4 Å². The van der Waals surface area contributed by atoms with Crippen molar-refractivity contribution in [2.24, 2.45) is 0 Å². The number of hydrogen-bond donors (Lipinski definition) is 2. The molecule has 10 heteroatoms. The molecule has 1 aliphatic rings. The van der Waals surface area contributed by atoms with E-state index >= 15 is 0 Å². The number of rotatable bonds is 4. The Morgan fingerprint density at radius 1 is 1.41 bits per heavy atom. The van der Waals surface area contributed by atoms with E-state index in [0.29, 0.717) is 12.4 Å². The summed E-state index contributed by atoms with van der Waals surface area (Å²) >= 11 is 0. The summed E-state index contributed by atoms with van der Waals surface area (Å²) in [7, 11) is 0. The van der Waals surface area contributed by atoms with Crippen molar-refractivity contribution in [3.63, 3.8) is 0 Å². The maximum atomic E-state index is 12.4. The molecular formula is C12H12F3N5O2. The lowest BCUT2D eigenvalue weighted by Crippen LogP contribution is -2.33. The highest BCUT2D eigenvalue weighted by Crippen LogP contribution is 2.30. The third-order valence-electron chi connectivity index (χ3n) is 3.13. The highest BCUT2D eigenvalue weighted by atomic mass is 19.4. The molecular weight excluding hydrogens is 303 g/mol. The molecule has 0 aliphatic carbocycles. The summed E-state index contributed by atoms with van der Waals surface area (Å²) in [4.78, 5) is 7.34. The van der Waals surface area contributed by atoms with Gasteiger partial charge in [-0.1, -0.05) is 5.16 Å². The molecule has 0 amide bonds. The number of pyridine rings is 1. The van der Waals surface area contributed by atoms with Crippen molar-refractivity contribution in [1.82, 2.24) is 15.1 Å². The van der Waals surface area contributed by atoms with Gasteiger partial charge >= 0.3 is 12.1 Å². The molecule has 22 heavy (non-hydrogen) atoms. The maximum Gasteiger partial charge on any atom is 0.471 e. The van der Waals surface area contributed by atoms with E-state index in [1.54, 1.807) is 0 Å². The molecule has 0 saturated carbocycles. The topological polar surface area (TPSA) is 99.1 Å². The third kappa shape index (κ3) is 2.96. The van der Waals surface area contributed by atoms with Gasteiger partial charge in [0.15, 0.2) is 0 Å². The average Bonchev–Trinajstić information content (AvgIpc) is 2.88. The Balaban J connectivity index is 1.74. The average molecular weight is 315 g/mol. The first-order chi connectivity index (χ1) is 10.4. The molecule has 0 aromatic carbocycles. The van der Waals surface area contributed by atoms with Gasteiger partial charge in [-0.05, 0) is 12.5 Å². The van der Waals surface area contributed by atoms with E-state index in [1.165, 1.54) is 12.3 Å². The zero-order valence-corrected chi connectivity index (χ0v) is 11.2. The molecule has 0 bridgehead atoms. The fourth-order valence-electron chi connectivity index (χ4n) is 1.86. The molecule has 1 atom stereocenters. The highest BCUT2D eigenvalue weighted by molar-refractivity contribution is 5.69. The molecule has 2 aromatic heterocycles. The van der Waals surface area contributed by atoms with Gasteiger partial charge in [0.05, 0.1) is 11.8 Å². The first-order valence-electron chi connectivity index (χ1n) is 6.46. The minimum absolute atomic E-state index is 0.132. The quantitative estimate of drug-likeness (QED) is 0.889. The molecule has 3 heterocycles. The van der Waals surface area contributed by atoms with Crippen LogP contribution in [0.15, 0.2) is 16.8 Å². The Bertz CT molecular complexity index is 669.